The van der Waals surface area contributed by atoms with Gasteiger partial charge in [-0.1, -0.05) is 0 Å². The highest BCUT2D eigenvalue weighted by Crippen LogP contribution is 2.57. The second-order valence-electron chi connectivity index (χ2n) is 4.06. The van der Waals surface area contributed by atoms with E-state index < -0.39 is 27.5 Å². The number of aromatic nitrogens is 2. The van der Waals surface area contributed by atoms with Crippen LogP contribution in [0, 0.1) is 0 Å². The van der Waals surface area contributed by atoms with Crippen molar-refractivity contribution in [3.63, 3.8) is 0 Å². The van der Waals surface area contributed by atoms with Crippen molar-refractivity contribution in [1.29, 1.82) is 0 Å². The van der Waals surface area contributed by atoms with E-state index in [1.165, 1.54) is 0 Å². The summed E-state index contributed by atoms with van der Waals surface area (Å²) in [5.74, 6) is -0.596. The van der Waals surface area contributed by atoms with E-state index in [1.54, 1.807) is 6.92 Å². The van der Waals surface area contributed by atoms with Gasteiger partial charge in [-0.2, -0.15) is 0 Å². The molecule has 8 heteroatoms. The molecule has 0 aromatic carbocycles. The van der Waals surface area contributed by atoms with Gasteiger partial charge in [-0.25, -0.2) is 9.48 Å². The van der Waals surface area contributed by atoms with Crippen molar-refractivity contribution < 1.29 is 18.6 Å². The normalized spacial score (nSPS) is 23.8. The SMILES string of the molecule is CCOC(=O)c1cc(=O)n(C2CCCS2([O-])[O-])[nH]1. The molecule has 1 unspecified atom stereocenters. The monoisotopic (exact) mass is 274 g/mol. The molecule has 2 rings (SSSR count). The van der Waals surface area contributed by atoms with Crippen LogP contribution >= 0.6 is 10.6 Å². The number of aromatic amines is 1. The van der Waals surface area contributed by atoms with Gasteiger partial charge in [0.2, 0.25) is 0 Å². The minimum absolute atomic E-state index is 0.0241. The van der Waals surface area contributed by atoms with Gasteiger partial charge in [-0.05, 0) is 25.5 Å². The maximum Gasteiger partial charge on any atom is 0.356 e. The third kappa shape index (κ3) is 2.31. The predicted molar refractivity (Wildman–Crippen MR) is 63.3 cm³/mol. The molecular formula is C10H14N2O5S-2. The first-order chi connectivity index (χ1) is 8.45. The number of H-pyrrole nitrogens is 1. The van der Waals surface area contributed by atoms with Crippen LogP contribution in [0.5, 0.6) is 0 Å². The van der Waals surface area contributed by atoms with Crippen LogP contribution < -0.4 is 5.56 Å². The molecule has 0 spiro atoms. The molecule has 102 valence electrons. The van der Waals surface area contributed by atoms with E-state index in [1.807, 2.05) is 0 Å². The number of esters is 1. The highest BCUT2D eigenvalue weighted by atomic mass is 32.3. The fraction of sp³-hybridized carbons (Fsp3) is 0.600. The Kier molecular flexibility index (Phi) is 3.51. The average molecular weight is 274 g/mol. The second-order valence-corrected chi connectivity index (χ2v) is 6.34. The van der Waals surface area contributed by atoms with Gasteiger partial charge in [0.25, 0.3) is 5.56 Å². The lowest BCUT2D eigenvalue weighted by atomic mass is 10.3. The zero-order chi connectivity index (χ0) is 13.3. The number of ether oxygens (including phenoxy) is 1. The van der Waals surface area contributed by atoms with Crippen molar-refractivity contribution >= 4 is 16.6 Å². The summed E-state index contributed by atoms with van der Waals surface area (Å²) in [6, 6.07) is 1.06. The van der Waals surface area contributed by atoms with E-state index in [0.717, 1.165) is 10.7 Å². The van der Waals surface area contributed by atoms with Gasteiger partial charge < -0.3 is 24.4 Å². The van der Waals surface area contributed by atoms with Crippen LogP contribution in [-0.2, 0) is 4.74 Å². The summed E-state index contributed by atoms with van der Waals surface area (Å²) in [6.45, 7) is 1.84. The van der Waals surface area contributed by atoms with E-state index >= 15 is 0 Å². The van der Waals surface area contributed by atoms with Crippen molar-refractivity contribution in [3.8, 4) is 0 Å². The van der Waals surface area contributed by atoms with Crippen molar-refractivity contribution in [2.24, 2.45) is 0 Å². The molecule has 0 radical (unpaired) electrons. The fourth-order valence-electron chi connectivity index (χ4n) is 2.00. The summed E-state index contributed by atoms with van der Waals surface area (Å²) in [6.07, 6.45) is 0.901. The predicted octanol–water partition coefficient (Wildman–Crippen LogP) is 0.711. The lowest BCUT2D eigenvalue weighted by Gasteiger charge is -2.60. The van der Waals surface area contributed by atoms with Gasteiger partial charge in [0.05, 0.1) is 12.0 Å². The molecule has 1 aliphatic rings. The number of carbonyl (C=O) groups excluding carboxylic acids is 1. The molecule has 1 fully saturated rings. The standard InChI is InChI=1S/C10H16N2O5S/c1-2-17-10(14)7-6-8(13)12(11-7)9-4-3-5-18(9,15)16/h6,9,11,15-16H,2-5H2,1H3/p-2. The third-order valence-corrected chi connectivity index (χ3v) is 4.96. The lowest BCUT2D eigenvalue weighted by Crippen LogP contribution is -2.24. The maximum absolute atomic E-state index is 11.7. The van der Waals surface area contributed by atoms with Gasteiger partial charge in [-0.3, -0.25) is 9.89 Å². The van der Waals surface area contributed by atoms with Gasteiger partial charge in [0.1, 0.15) is 5.69 Å². The first-order valence-corrected chi connectivity index (χ1v) is 7.37. The molecule has 2 heterocycles. The van der Waals surface area contributed by atoms with Crippen molar-refractivity contribution in [1.82, 2.24) is 9.78 Å². The summed E-state index contributed by atoms with van der Waals surface area (Å²) in [7, 11) is -3.31. The molecule has 0 aliphatic carbocycles. The van der Waals surface area contributed by atoms with E-state index in [4.69, 9.17) is 4.74 Å². The number of nitrogens with one attached hydrogen (secondary N) is 1. The molecular weight excluding hydrogens is 260 g/mol. The van der Waals surface area contributed by atoms with Crippen molar-refractivity contribution in [2.45, 2.75) is 25.1 Å². The van der Waals surface area contributed by atoms with E-state index in [2.05, 4.69) is 5.10 Å². The Morgan fingerprint density at radius 1 is 1.67 bits per heavy atom. The Labute approximate surface area is 105 Å². The lowest BCUT2D eigenvalue weighted by molar-refractivity contribution is 0.0518. The molecule has 0 bridgehead atoms. The molecule has 1 N–H and O–H groups in total. The Morgan fingerprint density at radius 2 is 2.39 bits per heavy atom. The molecule has 0 amide bonds. The Morgan fingerprint density at radius 3 is 2.94 bits per heavy atom. The number of nitrogens with zero attached hydrogens (tertiary/aromatic N) is 1. The smallest absolute Gasteiger partial charge is 0.356 e. The third-order valence-electron chi connectivity index (χ3n) is 2.82. The number of hydrogen-bond acceptors (Lipinski definition) is 5. The van der Waals surface area contributed by atoms with Crippen LogP contribution in [0.4, 0.5) is 0 Å². The van der Waals surface area contributed by atoms with Gasteiger partial charge in [0, 0.05) is 6.07 Å². The highest BCUT2D eigenvalue weighted by molar-refractivity contribution is 8.24. The number of sulfone groups is 1. The molecule has 1 aromatic rings. The molecule has 1 saturated heterocycles. The average Bonchev–Trinajstić information content (AvgIpc) is 2.81. The zero-order valence-corrected chi connectivity index (χ0v) is 10.7. The maximum atomic E-state index is 11.7. The van der Waals surface area contributed by atoms with Gasteiger partial charge in [-0.15, -0.1) is 0 Å². The topological polar surface area (TPSA) is 110 Å². The number of hydrogen-bond donors (Lipinski definition) is 1. The fourth-order valence-corrected chi connectivity index (χ4v) is 3.85. The van der Waals surface area contributed by atoms with Gasteiger partial charge >= 0.3 is 5.97 Å². The number of carbonyl (C=O) groups is 1. The molecule has 7 nitrogen and oxygen atoms in total. The van der Waals surface area contributed by atoms with Crippen molar-refractivity contribution in [3.05, 3.63) is 22.1 Å². The molecule has 1 aliphatic heterocycles. The summed E-state index contributed by atoms with van der Waals surface area (Å²) in [5.41, 5.74) is -0.558. The second kappa shape index (κ2) is 4.79. The Balaban J connectivity index is 2.30. The minimum Gasteiger partial charge on any atom is -0.799 e. The van der Waals surface area contributed by atoms with Crippen molar-refractivity contribution in [2.75, 3.05) is 12.4 Å². The van der Waals surface area contributed by atoms with E-state index in [-0.39, 0.29) is 18.1 Å². The van der Waals surface area contributed by atoms with Crippen LogP contribution in [0.25, 0.3) is 0 Å². The summed E-state index contributed by atoms with van der Waals surface area (Å²) >= 11 is 0. The first-order valence-electron chi connectivity index (χ1n) is 5.66. The van der Waals surface area contributed by atoms with Gasteiger partial charge in [0.15, 0.2) is 0 Å². The molecule has 0 saturated carbocycles. The summed E-state index contributed by atoms with van der Waals surface area (Å²) in [5, 5.41) is 1.62. The van der Waals surface area contributed by atoms with E-state index in [9.17, 15) is 18.7 Å². The highest BCUT2D eigenvalue weighted by Gasteiger charge is 2.24. The quantitative estimate of drug-likeness (QED) is 0.816. The van der Waals surface area contributed by atoms with E-state index in [0.29, 0.717) is 12.8 Å². The Bertz CT molecular complexity index is 507. The minimum atomic E-state index is -3.31. The zero-order valence-electron chi connectivity index (χ0n) is 9.88. The molecule has 1 atom stereocenters. The number of rotatable bonds is 3. The Hall–Kier alpha value is -1.25. The summed E-state index contributed by atoms with van der Waals surface area (Å²) in [4.78, 5) is 23.1. The first kappa shape index (κ1) is 13.2. The van der Waals surface area contributed by atoms with Crippen LogP contribution in [0.2, 0.25) is 0 Å². The van der Waals surface area contributed by atoms with Crippen LogP contribution in [0.3, 0.4) is 0 Å². The van der Waals surface area contributed by atoms with Crippen LogP contribution in [-0.4, -0.2) is 37.2 Å². The molecule has 1 aromatic heterocycles. The van der Waals surface area contributed by atoms with Crippen LogP contribution in [0.1, 0.15) is 35.6 Å². The summed E-state index contributed by atoms with van der Waals surface area (Å²) < 4.78 is 29.2. The largest absolute Gasteiger partial charge is 0.799 e. The molecule has 18 heavy (non-hydrogen) atoms. The van der Waals surface area contributed by atoms with Crippen LogP contribution in [0.15, 0.2) is 10.9 Å².